The number of benzene rings is 1. The topological polar surface area (TPSA) is 25.2 Å². The van der Waals surface area contributed by atoms with Gasteiger partial charge in [-0.1, -0.05) is 17.7 Å². The lowest BCUT2D eigenvalue weighted by Gasteiger charge is -1.98. The molecule has 0 saturated heterocycles. The molecule has 2 rings (SSSR count). The molecule has 0 aliphatic heterocycles. The Morgan fingerprint density at radius 3 is 2.47 bits per heavy atom. The van der Waals surface area contributed by atoms with Crippen molar-refractivity contribution in [1.82, 2.24) is 4.98 Å². The van der Waals surface area contributed by atoms with E-state index in [0.717, 1.165) is 18.3 Å². The van der Waals surface area contributed by atoms with Crippen LogP contribution in [0.3, 0.4) is 0 Å². The van der Waals surface area contributed by atoms with E-state index in [9.17, 15) is 8.78 Å². The molecule has 0 aliphatic carbocycles. The van der Waals surface area contributed by atoms with Gasteiger partial charge in [0.05, 0.1) is 5.56 Å². The monoisotopic (exact) mass is 252 g/mol. The highest BCUT2D eigenvalue weighted by Crippen LogP contribution is 2.21. The van der Waals surface area contributed by atoms with Crippen LogP contribution in [0.1, 0.15) is 5.56 Å². The summed E-state index contributed by atoms with van der Waals surface area (Å²) < 4.78 is 26.5. The maximum absolute atomic E-state index is 13.3. The molecule has 0 spiro atoms. The highest BCUT2D eigenvalue weighted by atomic mass is 35.5. The maximum atomic E-state index is 13.3. The predicted octanol–water partition coefficient (Wildman–Crippen LogP) is 3.76. The molecule has 0 saturated carbocycles. The number of halogens is 3. The minimum atomic E-state index is -0.672. The van der Waals surface area contributed by atoms with E-state index >= 15 is 0 Å². The highest BCUT2D eigenvalue weighted by Gasteiger charge is 2.05. The molecule has 5 heteroatoms. The van der Waals surface area contributed by atoms with Gasteiger partial charge in [0.25, 0.3) is 0 Å². The third-order valence-corrected chi connectivity index (χ3v) is 2.36. The summed E-state index contributed by atoms with van der Waals surface area (Å²) in [5.41, 5.74) is 0.157. The van der Waals surface area contributed by atoms with Crippen LogP contribution in [0, 0.1) is 11.6 Å². The minimum Gasteiger partial charge on any atom is -0.253 e. The van der Waals surface area contributed by atoms with Crippen LogP contribution in [0.4, 0.5) is 14.5 Å². The molecule has 17 heavy (non-hydrogen) atoms. The lowest BCUT2D eigenvalue weighted by Crippen LogP contribution is -1.92. The molecule has 0 N–H and O–H groups in total. The number of nitrogens with zero attached hydrogens (tertiary/aromatic N) is 2. The number of aliphatic imine (C=N–C) groups is 1. The second-order valence-corrected chi connectivity index (χ2v) is 3.56. The van der Waals surface area contributed by atoms with Crippen molar-refractivity contribution in [3.8, 4) is 0 Å². The van der Waals surface area contributed by atoms with Crippen molar-refractivity contribution in [2.24, 2.45) is 4.99 Å². The Balaban J connectivity index is 2.36. The van der Waals surface area contributed by atoms with E-state index in [0.29, 0.717) is 5.69 Å². The summed E-state index contributed by atoms with van der Waals surface area (Å²) >= 11 is 5.76. The fourth-order valence-electron chi connectivity index (χ4n) is 1.24. The number of pyridine rings is 1. The predicted molar refractivity (Wildman–Crippen MR) is 62.9 cm³/mol. The summed E-state index contributed by atoms with van der Waals surface area (Å²) in [6.45, 7) is 0. The molecule has 0 radical (unpaired) electrons. The van der Waals surface area contributed by atoms with E-state index in [1.807, 2.05) is 0 Å². The van der Waals surface area contributed by atoms with Crippen molar-refractivity contribution in [3.05, 3.63) is 58.9 Å². The van der Waals surface area contributed by atoms with Gasteiger partial charge < -0.3 is 0 Å². The number of rotatable bonds is 2. The van der Waals surface area contributed by atoms with Gasteiger partial charge in [-0.15, -0.1) is 0 Å². The molecule has 0 bridgehead atoms. The number of hydrogen-bond donors (Lipinski definition) is 0. The smallest absolute Gasteiger partial charge is 0.154 e. The Bertz CT molecular complexity index is 550. The summed E-state index contributed by atoms with van der Waals surface area (Å²) in [5.74, 6) is -1.34. The van der Waals surface area contributed by atoms with E-state index < -0.39 is 11.6 Å². The van der Waals surface area contributed by atoms with Crippen molar-refractivity contribution in [1.29, 1.82) is 0 Å². The van der Waals surface area contributed by atoms with E-state index in [-0.39, 0.29) is 10.7 Å². The Hall–Kier alpha value is -1.81. The molecule has 1 aromatic heterocycles. The van der Waals surface area contributed by atoms with Crippen molar-refractivity contribution in [2.45, 2.75) is 0 Å². The van der Waals surface area contributed by atoms with Crippen LogP contribution in [0.25, 0.3) is 0 Å². The maximum Gasteiger partial charge on any atom is 0.154 e. The van der Waals surface area contributed by atoms with Crippen molar-refractivity contribution in [3.63, 3.8) is 0 Å². The van der Waals surface area contributed by atoms with Gasteiger partial charge in [-0.2, -0.15) is 0 Å². The van der Waals surface area contributed by atoms with Gasteiger partial charge in [0, 0.05) is 12.4 Å². The molecule has 1 aromatic carbocycles. The molecular formula is C12H7ClF2N2. The summed E-state index contributed by atoms with van der Waals surface area (Å²) in [4.78, 5) is 7.70. The first-order valence-electron chi connectivity index (χ1n) is 4.77. The zero-order valence-corrected chi connectivity index (χ0v) is 9.33. The van der Waals surface area contributed by atoms with E-state index in [4.69, 9.17) is 11.6 Å². The van der Waals surface area contributed by atoms with Crippen LogP contribution in [-0.4, -0.2) is 11.2 Å². The van der Waals surface area contributed by atoms with Crippen LogP contribution in [0.15, 0.2) is 41.5 Å². The molecule has 0 atom stereocenters. The number of hydrogen-bond acceptors (Lipinski definition) is 2. The van der Waals surface area contributed by atoms with Crippen LogP contribution in [-0.2, 0) is 0 Å². The number of aromatic nitrogens is 1. The zero-order chi connectivity index (χ0) is 12.3. The first-order valence-corrected chi connectivity index (χ1v) is 5.15. The largest absolute Gasteiger partial charge is 0.253 e. The first-order chi connectivity index (χ1) is 8.18. The average molecular weight is 253 g/mol. The summed E-state index contributed by atoms with van der Waals surface area (Å²) in [6, 6.07) is 6.85. The van der Waals surface area contributed by atoms with Crippen LogP contribution in [0.2, 0.25) is 5.15 Å². The fraction of sp³-hybridized carbons (Fsp3) is 0. The quantitative estimate of drug-likeness (QED) is 0.590. The normalized spacial score (nSPS) is 11.0. The molecule has 2 aromatic rings. The highest BCUT2D eigenvalue weighted by molar-refractivity contribution is 6.31. The molecule has 86 valence electrons. The Morgan fingerprint density at radius 1 is 1.12 bits per heavy atom. The van der Waals surface area contributed by atoms with Gasteiger partial charge in [0.15, 0.2) is 5.15 Å². The fourth-order valence-corrected chi connectivity index (χ4v) is 1.41. The Morgan fingerprint density at radius 2 is 1.82 bits per heavy atom. The summed E-state index contributed by atoms with van der Waals surface area (Å²) in [7, 11) is 0. The molecule has 0 fully saturated rings. The lowest BCUT2D eigenvalue weighted by molar-refractivity contribution is 0.580. The van der Waals surface area contributed by atoms with Gasteiger partial charge >= 0.3 is 0 Å². The summed E-state index contributed by atoms with van der Waals surface area (Å²) in [5, 5.41) is 0.181. The van der Waals surface area contributed by atoms with Crippen LogP contribution in [0.5, 0.6) is 0 Å². The van der Waals surface area contributed by atoms with Crippen LogP contribution >= 0.6 is 11.6 Å². The zero-order valence-electron chi connectivity index (χ0n) is 8.57. The third-order valence-electron chi connectivity index (χ3n) is 2.07. The molecule has 0 amide bonds. The van der Waals surface area contributed by atoms with Crippen molar-refractivity contribution < 1.29 is 8.78 Å². The van der Waals surface area contributed by atoms with Crippen LogP contribution < -0.4 is 0 Å². The van der Waals surface area contributed by atoms with Gasteiger partial charge in [-0.05, 0) is 24.3 Å². The summed E-state index contributed by atoms with van der Waals surface area (Å²) in [6.07, 6.45) is 2.60. The molecule has 1 heterocycles. The molecule has 0 unspecified atom stereocenters. The minimum absolute atomic E-state index is 0.181. The van der Waals surface area contributed by atoms with E-state index in [1.165, 1.54) is 12.3 Å². The Kier molecular flexibility index (Phi) is 3.44. The average Bonchev–Trinajstić information content (AvgIpc) is 2.30. The second kappa shape index (κ2) is 5.01. The van der Waals surface area contributed by atoms with Crippen molar-refractivity contribution >= 4 is 23.5 Å². The Labute approximate surface area is 102 Å². The standard InChI is InChI=1S/C12H7ClF2N2/c13-12-11(5-2-6-16-12)17-7-8-9(14)3-1-4-10(8)15/h1-7H. The molecule has 0 aliphatic rings. The van der Waals surface area contributed by atoms with E-state index in [1.54, 1.807) is 12.1 Å². The van der Waals surface area contributed by atoms with Gasteiger partial charge in [0.1, 0.15) is 17.3 Å². The molecule has 2 nitrogen and oxygen atoms in total. The molecular weight excluding hydrogens is 246 g/mol. The third kappa shape index (κ3) is 2.65. The lowest BCUT2D eigenvalue weighted by atomic mass is 10.2. The van der Waals surface area contributed by atoms with Gasteiger partial charge in [0.2, 0.25) is 0 Å². The second-order valence-electron chi connectivity index (χ2n) is 3.21. The van der Waals surface area contributed by atoms with Gasteiger partial charge in [-0.25, -0.2) is 13.8 Å². The van der Waals surface area contributed by atoms with Crippen molar-refractivity contribution in [2.75, 3.05) is 0 Å². The SMILES string of the molecule is Fc1cccc(F)c1C=Nc1cccnc1Cl. The first kappa shape index (κ1) is 11.7. The van der Waals surface area contributed by atoms with E-state index in [2.05, 4.69) is 9.98 Å². The van der Waals surface area contributed by atoms with Gasteiger partial charge in [-0.3, -0.25) is 4.99 Å².